The van der Waals surface area contributed by atoms with Crippen molar-refractivity contribution in [2.75, 3.05) is 13.7 Å². The molecule has 8 heteroatoms. The Labute approximate surface area is 189 Å². The monoisotopic (exact) mass is 456 g/mol. The zero-order chi connectivity index (χ0) is 23.5. The Morgan fingerprint density at radius 2 is 1.82 bits per heavy atom. The first-order valence-electron chi connectivity index (χ1n) is 11.0. The van der Waals surface area contributed by atoms with Crippen LogP contribution in [0.15, 0.2) is 47.4 Å². The van der Waals surface area contributed by atoms with Crippen LogP contribution in [0, 0.1) is 17.6 Å². The van der Waals surface area contributed by atoms with Crippen molar-refractivity contribution in [1.82, 2.24) is 9.88 Å². The molecule has 1 saturated carbocycles. The number of carbonyl (C=O) groups excluding carboxylic acids is 1. The van der Waals surface area contributed by atoms with Gasteiger partial charge in [0.05, 0.1) is 24.1 Å². The predicted octanol–water partition coefficient (Wildman–Crippen LogP) is 3.62. The molecule has 0 saturated heterocycles. The highest BCUT2D eigenvalue weighted by molar-refractivity contribution is 5.97. The van der Waals surface area contributed by atoms with E-state index in [0.717, 1.165) is 37.0 Å². The van der Waals surface area contributed by atoms with Crippen LogP contribution in [0.1, 0.15) is 41.6 Å². The van der Waals surface area contributed by atoms with E-state index in [1.54, 1.807) is 31.4 Å². The molecule has 0 bridgehead atoms. The molecule has 1 aromatic heterocycles. The van der Waals surface area contributed by atoms with Gasteiger partial charge in [0, 0.05) is 25.2 Å². The number of hydrogen-bond acceptors (Lipinski definition) is 4. The lowest BCUT2D eigenvalue weighted by Gasteiger charge is -2.27. The van der Waals surface area contributed by atoms with Gasteiger partial charge in [0.2, 0.25) is 5.43 Å². The lowest BCUT2D eigenvalue weighted by molar-refractivity contribution is 0.0662. The number of fused-ring (bicyclic) bond motifs is 1. The van der Waals surface area contributed by atoms with E-state index in [-0.39, 0.29) is 30.1 Å². The number of ether oxygens (including phenoxy) is 1. The molecule has 2 aromatic carbocycles. The van der Waals surface area contributed by atoms with Crippen molar-refractivity contribution in [3.8, 4) is 5.75 Å². The Kier molecular flexibility index (Phi) is 6.74. The minimum Gasteiger partial charge on any atom is -0.497 e. The highest BCUT2D eigenvalue weighted by Crippen LogP contribution is 2.24. The minimum atomic E-state index is -0.891. The second-order valence-corrected chi connectivity index (χ2v) is 8.42. The number of benzene rings is 2. The molecule has 6 nitrogen and oxygen atoms in total. The SMILES string of the molecule is COc1ccc(Cn2cc(C(=O)NCC3CCCCC3O)c(=O)c3c(F)ccc(F)c32)cc1. The van der Waals surface area contributed by atoms with Crippen LogP contribution in [0.2, 0.25) is 0 Å². The van der Waals surface area contributed by atoms with Gasteiger partial charge in [0.15, 0.2) is 0 Å². The van der Waals surface area contributed by atoms with Crippen molar-refractivity contribution in [2.45, 2.75) is 38.3 Å². The van der Waals surface area contributed by atoms with Crippen LogP contribution in [0.3, 0.4) is 0 Å². The fourth-order valence-electron chi connectivity index (χ4n) is 4.41. The van der Waals surface area contributed by atoms with E-state index in [9.17, 15) is 23.5 Å². The highest BCUT2D eigenvalue weighted by atomic mass is 19.1. The van der Waals surface area contributed by atoms with Crippen LogP contribution in [0.25, 0.3) is 10.9 Å². The van der Waals surface area contributed by atoms with Gasteiger partial charge < -0.3 is 19.7 Å². The number of carbonyl (C=O) groups is 1. The number of nitrogens with zero attached hydrogens (tertiary/aromatic N) is 1. The molecular weight excluding hydrogens is 430 g/mol. The number of hydrogen-bond donors (Lipinski definition) is 2. The molecule has 1 aliphatic rings. The van der Waals surface area contributed by atoms with Gasteiger partial charge in [0.25, 0.3) is 5.91 Å². The van der Waals surface area contributed by atoms with Crippen molar-refractivity contribution in [3.63, 3.8) is 0 Å². The molecule has 4 rings (SSSR count). The van der Waals surface area contributed by atoms with Crippen molar-refractivity contribution < 1.29 is 23.4 Å². The van der Waals surface area contributed by atoms with Gasteiger partial charge >= 0.3 is 0 Å². The first kappa shape index (κ1) is 22.9. The molecular formula is C25H26F2N2O4. The number of rotatable bonds is 6. The Morgan fingerprint density at radius 3 is 2.52 bits per heavy atom. The van der Waals surface area contributed by atoms with E-state index >= 15 is 0 Å². The average Bonchev–Trinajstić information content (AvgIpc) is 2.82. The maximum atomic E-state index is 14.7. The van der Waals surface area contributed by atoms with Crippen LogP contribution in [0.4, 0.5) is 8.78 Å². The fraction of sp³-hybridized carbons (Fsp3) is 0.360. The summed E-state index contributed by atoms with van der Waals surface area (Å²) in [4.78, 5) is 25.9. The lowest BCUT2D eigenvalue weighted by Crippen LogP contribution is -2.38. The fourth-order valence-corrected chi connectivity index (χ4v) is 4.41. The van der Waals surface area contributed by atoms with E-state index in [1.165, 1.54) is 10.8 Å². The largest absolute Gasteiger partial charge is 0.497 e. The van der Waals surface area contributed by atoms with Crippen LogP contribution in [-0.2, 0) is 6.54 Å². The molecule has 2 N–H and O–H groups in total. The summed E-state index contributed by atoms with van der Waals surface area (Å²) in [6, 6.07) is 8.86. The minimum absolute atomic E-state index is 0.0983. The van der Waals surface area contributed by atoms with Gasteiger partial charge in [-0.05, 0) is 42.7 Å². The average molecular weight is 456 g/mol. The summed E-state index contributed by atoms with van der Waals surface area (Å²) in [7, 11) is 1.54. The Bertz CT molecular complexity index is 1220. The second-order valence-electron chi connectivity index (χ2n) is 8.42. The summed E-state index contributed by atoms with van der Waals surface area (Å²) in [5, 5.41) is 12.4. The van der Waals surface area contributed by atoms with E-state index in [0.29, 0.717) is 12.2 Å². The molecule has 2 unspecified atom stereocenters. The number of pyridine rings is 1. The number of halogens is 2. The standard InChI is InChI=1S/C25H26F2N2O4/c1-33-17-8-6-15(7-9-17)13-29-14-18(24(31)22-19(26)10-11-20(27)23(22)29)25(32)28-12-16-4-2-3-5-21(16)30/h6-11,14,16,21,30H,2-5,12-13H2,1H3,(H,28,32). The first-order valence-corrected chi connectivity index (χ1v) is 11.0. The highest BCUT2D eigenvalue weighted by Gasteiger charge is 2.25. The van der Waals surface area contributed by atoms with Crippen LogP contribution < -0.4 is 15.5 Å². The molecule has 3 aromatic rings. The van der Waals surface area contributed by atoms with E-state index in [4.69, 9.17) is 4.74 Å². The number of methoxy groups -OCH3 is 1. The number of aromatic nitrogens is 1. The molecule has 1 fully saturated rings. The third kappa shape index (κ3) is 4.75. The number of aliphatic hydroxyl groups is 1. The maximum Gasteiger partial charge on any atom is 0.256 e. The Balaban J connectivity index is 1.71. The van der Waals surface area contributed by atoms with Crippen molar-refractivity contribution >= 4 is 16.8 Å². The Morgan fingerprint density at radius 1 is 1.12 bits per heavy atom. The third-order valence-electron chi connectivity index (χ3n) is 6.27. The third-order valence-corrected chi connectivity index (χ3v) is 6.27. The van der Waals surface area contributed by atoms with Gasteiger partial charge in [0.1, 0.15) is 22.9 Å². The summed E-state index contributed by atoms with van der Waals surface area (Å²) in [5.41, 5.74) is -0.586. The zero-order valence-corrected chi connectivity index (χ0v) is 18.3. The van der Waals surface area contributed by atoms with Crippen LogP contribution in [0.5, 0.6) is 5.75 Å². The molecule has 33 heavy (non-hydrogen) atoms. The topological polar surface area (TPSA) is 80.6 Å². The molecule has 174 valence electrons. The van der Waals surface area contributed by atoms with E-state index < -0.39 is 34.5 Å². The maximum absolute atomic E-state index is 14.7. The molecule has 1 aliphatic carbocycles. The van der Waals surface area contributed by atoms with Gasteiger partial charge in [-0.3, -0.25) is 9.59 Å². The van der Waals surface area contributed by atoms with Gasteiger partial charge in [-0.15, -0.1) is 0 Å². The number of aliphatic hydroxyl groups excluding tert-OH is 1. The summed E-state index contributed by atoms with van der Waals surface area (Å²) in [6.07, 6.45) is 4.12. The first-order chi connectivity index (χ1) is 15.9. The molecule has 0 radical (unpaired) electrons. The quantitative estimate of drug-likeness (QED) is 0.594. The zero-order valence-electron chi connectivity index (χ0n) is 18.3. The number of nitrogens with one attached hydrogen (secondary N) is 1. The summed E-state index contributed by atoms with van der Waals surface area (Å²) in [6.45, 7) is 0.324. The molecule has 0 aliphatic heterocycles. The van der Waals surface area contributed by atoms with E-state index in [1.807, 2.05) is 0 Å². The molecule has 2 atom stereocenters. The van der Waals surface area contributed by atoms with E-state index in [2.05, 4.69) is 5.32 Å². The summed E-state index contributed by atoms with van der Waals surface area (Å²) >= 11 is 0. The van der Waals surface area contributed by atoms with Crippen molar-refractivity contribution in [2.24, 2.45) is 5.92 Å². The molecule has 0 spiro atoms. The van der Waals surface area contributed by atoms with Crippen LogP contribution >= 0.6 is 0 Å². The molecule has 1 amide bonds. The molecule has 1 heterocycles. The van der Waals surface area contributed by atoms with Crippen molar-refractivity contribution in [1.29, 1.82) is 0 Å². The predicted molar refractivity (Wildman–Crippen MR) is 121 cm³/mol. The normalized spacial score (nSPS) is 18.3. The van der Waals surface area contributed by atoms with Crippen LogP contribution in [-0.4, -0.2) is 35.3 Å². The van der Waals surface area contributed by atoms with Gasteiger partial charge in [-0.25, -0.2) is 8.78 Å². The Hall–Kier alpha value is -3.26. The van der Waals surface area contributed by atoms with Gasteiger partial charge in [-0.1, -0.05) is 25.0 Å². The van der Waals surface area contributed by atoms with Crippen molar-refractivity contribution in [3.05, 3.63) is 75.6 Å². The summed E-state index contributed by atoms with van der Waals surface area (Å²) in [5.74, 6) is -1.78. The van der Waals surface area contributed by atoms with Gasteiger partial charge in [-0.2, -0.15) is 0 Å². The lowest BCUT2D eigenvalue weighted by atomic mass is 9.86. The number of amides is 1. The summed E-state index contributed by atoms with van der Waals surface area (Å²) < 4.78 is 35.9. The second kappa shape index (κ2) is 9.70. The smallest absolute Gasteiger partial charge is 0.256 e.